The third-order valence-electron chi connectivity index (χ3n) is 3.21. The van der Waals surface area contributed by atoms with Crippen LogP contribution >= 0.6 is 11.6 Å². The van der Waals surface area contributed by atoms with Gasteiger partial charge in [-0.2, -0.15) is 0 Å². The van der Waals surface area contributed by atoms with E-state index in [0.29, 0.717) is 5.02 Å². The largest absolute Gasteiger partial charge is 0.500 e. The van der Waals surface area contributed by atoms with Gasteiger partial charge < -0.3 is 18.9 Å². The molecule has 26 heavy (non-hydrogen) atoms. The van der Waals surface area contributed by atoms with E-state index in [4.69, 9.17) is 25.8 Å². The summed E-state index contributed by atoms with van der Waals surface area (Å²) in [6, 6.07) is 13.6. The van der Waals surface area contributed by atoms with Gasteiger partial charge in [0.15, 0.2) is 0 Å². The van der Waals surface area contributed by atoms with Crippen molar-refractivity contribution in [1.29, 1.82) is 0 Å². The Morgan fingerprint density at radius 2 is 1.81 bits per heavy atom. The average molecular weight is 377 g/mol. The van der Waals surface area contributed by atoms with Crippen LogP contribution in [0.25, 0.3) is 0 Å². The summed E-state index contributed by atoms with van der Waals surface area (Å²) >= 11 is 5.97. The van der Waals surface area contributed by atoms with E-state index in [1.165, 1.54) is 32.4 Å². The number of halogens is 1. The molecular weight excluding hydrogens is 360 g/mol. The highest BCUT2D eigenvalue weighted by Gasteiger charge is 2.20. The van der Waals surface area contributed by atoms with E-state index < -0.39 is 11.9 Å². The van der Waals surface area contributed by atoms with Crippen molar-refractivity contribution >= 4 is 23.5 Å². The minimum absolute atomic E-state index is 0.0688. The summed E-state index contributed by atoms with van der Waals surface area (Å²) in [5.74, 6) is -1.55. The lowest BCUT2D eigenvalue weighted by Gasteiger charge is -2.12. The first-order valence-electron chi connectivity index (χ1n) is 7.55. The van der Waals surface area contributed by atoms with Gasteiger partial charge in [0.1, 0.15) is 24.2 Å². The van der Waals surface area contributed by atoms with E-state index in [-0.39, 0.29) is 23.7 Å². The maximum absolute atomic E-state index is 12.4. The molecule has 2 rings (SSSR count). The molecule has 0 heterocycles. The van der Waals surface area contributed by atoms with Gasteiger partial charge in [-0.05, 0) is 23.8 Å². The Morgan fingerprint density at radius 1 is 1.08 bits per heavy atom. The molecule has 0 N–H and O–H groups in total. The smallest absolute Gasteiger partial charge is 0.377 e. The first-order valence-corrected chi connectivity index (χ1v) is 7.92. The molecule has 6 nitrogen and oxygen atoms in total. The van der Waals surface area contributed by atoms with E-state index in [1.807, 2.05) is 30.3 Å². The zero-order chi connectivity index (χ0) is 18.9. The Balaban J connectivity index is 2.22. The van der Waals surface area contributed by atoms with Crippen molar-refractivity contribution in [3.8, 4) is 5.75 Å². The van der Waals surface area contributed by atoms with Gasteiger partial charge in [-0.25, -0.2) is 9.59 Å². The summed E-state index contributed by atoms with van der Waals surface area (Å²) in [6.45, 7) is 0.0867. The van der Waals surface area contributed by atoms with Gasteiger partial charge in [-0.1, -0.05) is 41.9 Å². The molecular formula is C19H17ClO6. The van der Waals surface area contributed by atoms with Gasteiger partial charge in [0.05, 0.1) is 14.2 Å². The fourth-order valence-electron chi connectivity index (χ4n) is 1.99. The number of carbonyl (C=O) groups excluding carboxylic acids is 2. The third kappa shape index (κ3) is 5.26. The van der Waals surface area contributed by atoms with E-state index >= 15 is 0 Å². The van der Waals surface area contributed by atoms with Gasteiger partial charge in [-0.3, -0.25) is 0 Å². The molecule has 0 aliphatic rings. The molecule has 0 atom stereocenters. The minimum Gasteiger partial charge on any atom is -0.500 e. The van der Waals surface area contributed by atoms with Crippen molar-refractivity contribution in [2.45, 2.75) is 6.61 Å². The summed E-state index contributed by atoms with van der Waals surface area (Å²) in [7, 11) is 2.55. The molecule has 0 aromatic heterocycles. The first-order chi connectivity index (χ1) is 12.5. The summed E-state index contributed by atoms with van der Waals surface area (Å²) in [4.78, 5) is 24.2. The van der Waals surface area contributed by atoms with Gasteiger partial charge >= 0.3 is 11.9 Å². The highest BCUT2D eigenvalue weighted by Crippen LogP contribution is 2.26. The van der Waals surface area contributed by atoms with Crippen LogP contribution in [0.3, 0.4) is 0 Å². The highest BCUT2D eigenvalue weighted by atomic mass is 35.5. The second-order valence-corrected chi connectivity index (χ2v) is 5.45. The molecule has 0 aliphatic carbocycles. The number of carbonyl (C=O) groups is 2. The second kappa shape index (κ2) is 9.48. The molecule has 0 bridgehead atoms. The number of methoxy groups -OCH3 is 2. The van der Waals surface area contributed by atoms with Crippen molar-refractivity contribution in [2.75, 3.05) is 14.2 Å². The Bertz CT molecular complexity index is 801. The lowest BCUT2D eigenvalue weighted by atomic mass is 10.2. The van der Waals surface area contributed by atoms with Gasteiger partial charge in [0.2, 0.25) is 5.76 Å². The molecule has 2 aromatic rings. The predicted molar refractivity (Wildman–Crippen MR) is 94.7 cm³/mol. The number of hydrogen-bond donors (Lipinski definition) is 0. The van der Waals surface area contributed by atoms with Crippen LogP contribution in [0.4, 0.5) is 0 Å². The summed E-state index contributed by atoms with van der Waals surface area (Å²) in [5, 5.41) is 0.319. The van der Waals surface area contributed by atoms with Gasteiger partial charge in [0.25, 0.3) is 0 Å². The standard InChI is InChI=1S/C19H17ClO6/c1-23-12-17(19(22)24-2)26-16-9-8-14(20)10-15(16)18(21)25-11-13-6-4-3-5-7-13/h3-10,12H,11H2,1-2H3/b17-12+. The Labute approximate surface area is 155 Å². The van der Waals surface area contributed by atoms with Crippen molar-refractivity contribution in [3.05, 3.63) is 76.7 Å². The highest BCUT2D eigenvalue weighted by molar-refractivity contribution is 6.31. The van der Waals surface area contributed by atoms with Crippen LogP contribution < -0.4 is 4.74 Å². The van der Waals surface area contributed by atoms with Crippen LogP contribution in [-0.4, -0.2) is 26.2 Å². The molecule has 0 saturated carbocycles. The lowest BCUT2D eigenvalue weighted by molar-refractivity contribution is -0.138. The van der Waals surface area contributed by atoms with E-state index in [9.17, 15) is 9.59 Å². The second-order valence-electron chi connectivity index (χ2n) is 5.01. The molecule has 0 saturated heterocycles. The monoisotopic (exact) mass is 376 g/mol. The van der Waals surface area contributed by atoms with Gasteiger partial charge in [0, 0.05) is 5.02 Å². The summed E-state index contributed by atoms with van der Waals surface area (Å²) < 4.78 is 20.2. The number of benzene rings is 2. The molecule has 2 aromatic carbocycles. The Kier molecular flexibility index (Phi) is 7.05. The van der Waals surface area contributed by atoms with Crippen molar-refractivity contribution in [2.24, 2.45) is 0 Å². The van der Waals surface area contributed by atoms with E-state index in [0.717, 1.165) is 11.8 Å². The molecule has 136 valence electrons. The maximum Gasteiger partial charge on any atom is 0.377 e. The molecule has 7 heteroatoms. The lowest BCUT2D eigenvalue weighted by Crippen LogP contribution is -2.14. The van der Waals surface area contributed by atoms with Crippen molar-refractivity contribution in [1.82, 2.24) is 0 Å². The number of hydrogen-bond acceptors (Lipinski definition) is 6. The van der Waals surface area contributed by atoms with Crippen LogP contribution in [0.2, 0.25) is 5.02 Å². The summed E-state index contributed by atoms with van der Waals surface area (Å²) in [5.41, 5.74) is 0.902. The third-order valence-corrected chi connectivity index (χ3v) is 3.44. The number of rotatable bonds is 7. The molecule has 0 amide bonds. The SMILES string of the molecule is CO/C=C(/Oc1ccc(Cl)cc1C(=O)OCc1ccccc1)C(=O)OC. The van der Waals surface area contributed by atoms with Crippen LogP contribution in [0.5, 0.6) is 5.75 Å². The van der Waals surface area contributed by atoms with Crippen molar-refractivity contribution < 1.29 is 28.5 Å². The fraction of sp³-hybridized carbons (Fsp3) is 0.158. The topological polar surface area (TPSA) is 71.1 Å². The zero-order valence-corrected chi connectivity index (χ0v) is 15.0. The van der Waals surface area contributed by atoms with Crippen LogP contribution in [0.1, 0.15) is 15.9 Å². The van der Waals surface area contributed by atoms with E-state index in [1.54, 1.807) is 0 Å². The van der Waals surface area contributed by atoms with Gasteiger partial charge in [-0.15, -0.1) is 0 Å². The minimum atomic E-state index is -0.759. The van der Waals surface area contributed by atoms with E-state index in [2.05, 4.69) is 4.74 Å². The number of esters is 2. The van der Waals surface area contributed by atoms with Crippen molar-refractivity contribution in [3.63, 3.8) is 0 Å². The molecule has 0 aliphatic heterocycles. The number of ether oxygens (including phenoxy) is 4. The van der Waals surface area contributed by atoms with Crippen LogP contribution in [0, 0.1) is 0 Å². The molecule has 0 fully saturated rings. The zero-order valence-electron chi connectivity index (χ0n) is 14.2. The normalized spacial score (nSPS) is 10.8. The quantitative estimate of drug-likeness (QED) is 0.416. The molecule has 0 spiro atoms. The molecule has 0 unspecified atom stereocenters. The van der Waals surface area contributed by atoms with Crippen LogP contribution in [0.15, 0.2) is 60.6 Å². The molecule has 0 radical (unpaired) electrons. The predicted octanol–water partition coefficient (Wildman–Crippen LogP) is 3.74. The van der Waals surface area contributed by atoms with Crippen LogP contribution in [-0.2, 0) is 25.6 Å². The Morgan fingerprint density at radius 3 is 2.46 bits per heavy atom. The summed E-state index contributed by atoms with van der Waals surface area (Å²) in [6.07, 6.45) is 1.07. The average Bonchev–Trinajstić information content (AvgIpc) is 2.67. The fourth-order valence-corrected chi connectivity index (χ4v) is 2.16. The maximum atomic E-state index is 12.4. The Hall–Kier alpha value is -2.99. The first kappa shape index (κ1) is 19.3.